The number of nitrogens with two attached hydrogens (primary N) is 1. The van der Waals surface area contributed by atoms with E-state index in [1.807, 2.05) is 0 Å². The molecule has 0 bridgehead atoms. The largest absolute Gasteiger partial charge is 0.337 e. The van der Waals surface area contributed by atoms with E-state index in [1.165, 1.54) is 25.7 Å². The first kappa shape index (κ1) is 15.8. The minimum atomic E-state index is 0. The number of carbonyl (C=O) groups is 1. The molecule has 2 atom stereocenters. The van der Waals surface area contributed by atoms with E-state index in [2.05, 4.69) is 18.7 Å². The van der Waals surface area contributed by atoms with Gasteiger partial charge in [-0.1, -0.05) is 12.8 Å². The van der Waals surface area contributed by atoms with Crippen LogP contribution < -0.4 is 5.73 Å². The highest BCUT2D eigenvalue weighted by Crippen LogP contribution is 2.31. The molecule has 2 aliphatic carbocycles. The molecule has 0 aromatic heterocycles. The smallest absolute Gasteiger partial charge is 0.226 e. The molecular weight excluding hydrogens is 248 g/mol. The number of hydrogen-bond acceptors (Lipinski definition) is 2. The lowest BCUT2D eigenvalue weighted by Gasteiger charge is -2.35. The number of carbonyl (C=O) groups excluding carboxylic acids is 1. The van der Waals surface area contributed by atoms with Crippen molar-refractivity contribution in [3.05, 3.63) is 0 Å². The fourth-order valence-electron chi connectivity index (χ4n) is 3.49. The van der Waals surface area contributed by atoms with Crippen LogP contribution in [0.1, 0.15) is 58.8 Å². The van der Waals surface area contributed by atoms with Crippen molar-refractivity contribution < 1.29 is 4.79 Å². The molecule has 2 saturated carbocycles. The number of hydrogen-bond donors (Lipinski definition) is 1. The molecule has 3 nitrogen and oxygen atoms in total. The zero-order chi connectivity index (χ0) is 12.4. The summed E-state index contributed by atoms with van der Waals surface area (Å²) >= 11 is 0. The van der Waals surface area contributed by atoms with Crippen molar-refractivity contribution in [1.29, 1.82) is 0 Å². The van der Waals surface area contributed by atoms with Crippen LogP contribution in [0.5, 0.6) is 0 Å². The predicted octanol–water partition coefficient (Wildman–Crippen LogP) is 2.72. The van der Waals surface area contributed by atoms with Crippen molar-refractivity contribution in [2.24, 2.45) is 11.7 Å². The van der Waals surface area contributed by atoms with E-state index < -0.39 is 0 Å². The Labute approximate surface area is 117 Å². The van der Waals surface area contributed by atoms with E-state index in [4.69, 9.17) is 5.73 Å². The number of halogens is 1. The lowest BCUT2D eigenvalue weighted by molar-refractivity contribution is -0.139. The molecule has 106 valence electrons. The summed E-state index contributed by atoms with van der Waals surface area (Å²) in [4.78, 5) is 14.8. The van der Waals surface area contributed by atoms with Gasteiger partial charge >= 0.3 is 0 Å². The van der Waals surface area contributed by atoms with Gasteiger partial charge in [0, 0.05) is 24.0 Å². The average molecular weight is 275 g/mol. The van der Waals surface area contributed by atoms with E-state index in [0.717, 1.165) is 19.3 Å². The van der Waals surface area contributed by atoms with Gasteiger partial charge in [-0.2, -0.15) is 0 Å². The maximum atomic E-state index is 12.6. The maximum Gasteiger partial charge on any atom is 0.226 e. The van der Waals surface area contributed by atoms with Crippen LogP contribution in [-0.2, 0) is 4.79 Å². The van der Waals surface area contributed by atoms with Gasteiger partial charge in [-0.05, 0) is 46.0 Å². The Kier molecular flexibility index (Phi) is 5.93. The summed E-state index contributed by atoms with van der Waals surface area (Å²) in [6, 6.07) is 1.09. The third-order valence-corrected chi connectivity index (χ3v) is 4.35. The first-order valence-corrected chi connectivity index (χ1v) is 7.17. The average Bonchev–Trinajstić information content (AvgIpc) is 2.88. The SMILES string of the molecule is CC(C)N(C(=O)C1CCC(N)C1)C1CCCC1.Cl. The Morgan fingerprint density at radius 3 is 2.22 bits per heavy atom. The number of nitrogens with zero attached hydrogens (tertiary/aromatic N) is 1. The summed E-state index contributed by atoms with van der Waals surface area (Å²) in [7, 11) is 0. The molecule has 0 radical (unpaired) electrons. The zero-order valence-corrected chi connectivity index (χ0v) is 12.4. The van der Waals surface area contributed by atoms with Gasteiger partial charge < -0.3 is 10.6 Å². The van der Waals surface area contributed by atoms with Crippen molar-refractivity contribution in [3.63, 3.8) is 0 Å². The highest BCUT2D eigenvalue weighted by molar-refractivity contribution is 5.85. The van der Waals surface area contributed by atoms with E-state index in [1.54, 1.807) is 0 Å². The normalized spacial score (nSPS) is 28.4. The molecule has 2 aliphatic rings. The lowest BCUT2D eigenvalue weighted by atomic mass is 10.0. The Hall–Kier alpha value is -0.280. The summed E-state index contributed by atoms with van der Waals surface area (Å²) in [5, 5.41) is 0. The molecule has 0 heterocycles. The van der Waals surface area contributed by atoms with Gasteiger partial charge in [0.25, 0.3) is 0 Å². The van der Waals surface area contributed by atoms with E-state index in [9.17, 15) is 4.79 Å². The van der Waals surface area contributed by atoms with E-state index >= 15 is 0 Å². The van der Waals surface area contributed by atoms with Crippen LogP contribution in [0.4, 0.5) is 0 Å². The zero-order valence-electron chi connectivity index (χ0n) is 11.6. The second-order valence-corrected chi connectivity index (χ2v) is 6.05. The maximum absolute atomic E-state index is 12.6. The third kappa shape index (κ3) is 3.39. The number of amides is 1. The van der Waals surface area contributed by atoms with Crippen molar-refractivity contribution in [2.45, 2.75) is 76.9 Å². The highest BCUT2D eigenvalue weighted by atomic mass is 35.5. The van der Waals surface area contributed by atoms with Gasteiger partial charge in [-0.15, -0.1) is 12.4 Å². The summed E-state index contributed by atoms with van der Waals surface area (Å²) < 4.78 is 0. The Balaban J connectivity index is 0.00000162. The Morgan fingerprint density at radius 1 is 1.17 bits per heavy atom. The Morgan fingerprint density at radius 2 is 1.78 bits per heavy atom. The van der Waals surface area contributed by atoms with Crippen LogP contribution in [0.2, 0.25) is 0 Å². The monoisotopic (exact) mass is 274 g/mol. The summed E-state index contributed by atoms with van der Waals surface area (Å²) in [5.74, 6) is 0.577. The van der Waals surface area contributed by atoms with Gasteiger partial charge in [-0.3, -0.25) is 4.79 Å². The van der Waals surface area contributed by atoms with E-state index in [-0.39, 0.29) is 24.4 Å². The summed E-state index contributed by atoms with van der Waals surface area (Å²) in [6.07, 6.45) is 7.87. The minimum absolute atomic E-state index is 0. The molecule has 2 unspecified atom stereocenters. The molecule has 0 aromatic carbocycles. The molecular formula is C14H27ClN2O. The molecule has 0 aliphatic heterocycles. The number of rotatable bonds is 3. The minimum Gasteiger partial charge on any atom is -0.337 e. The van der Waals surface area contributed by atoms with Crippen molar-refractivity contribution in [1.82, 2.24) is 4.90 Å². The topological polar surface area (TPSA) is 46.3 Å². The van der Waals surface area contributed by atoms with Gasteiger partial charge in [0.15, 0.2) is 0 Å². The van der Waals surface area contributed by atoms with Gasteiger partial charge in [-0.25, -0.2) is 0 Å². The molecule has 0 aromatic rings. The first-order chi connectivity index (χ1) is 8.09. The Bertz CT molecular complexity index is 277. The van der Waals surface area contributed by atoms with Crippen LogP contribution in [0.25, 0.3) is 0 Å². The third-order valence-electron chi connectivity index (χ3n) is 4.35. The van der Waals surface area contributed by atoms with Crippen LogP contribution in [-0.4, -0.2) is 28.9 Å². The fourth-order valence-corrected chi connectivity index (χ4v) is 3.49. The second kappa shape index (κ2) is 6.76. The van der Waals surface area contributed by atoms with Gasteiger partial charge in [0.2, 0.25) is 5.91 Å². The van der Waals surface area contributed by atoms with Crippen molar-refractivity contribution in [3.8, 4) is 0 Å². The van der Waals surface area contributed by atoms with E-state index in [0.29, 0.717) is 18.0 Å². The molecule has 18 heavy (non-hydrogen) atoms. The fraction of sp³-hybridized carbons (Fsp3) is 0.929. The lowest BCUT2D eigenvalue weighted by Crippen LogP contribution is -2.46. The predicted molar refractivity (Wildman–Crippen MR) is 76.8 cm³/mol. The van der Waals surface area contributed by atoms with Crippen LogP contribution in [0, 0.1) is 5.92 Å². The quantitative estimate of drug-likeness (QED) is 0.860. The van der Waals surface area contributed by atoms with Crippen LogP contribution in [0.3, 0.4) is 0 Å². The standard InChI is InChI=1S/C14H26N2O.ClH/c1-10(2)16(13-5-3-4-6-13)14(17)11-7-8-12(15)9-11;/h10-13H,3-9,15H2,1-2H3;1H. The summed E-state index contributed by atoms with van der Waals surface area (Å²) in [5.41, 5.74) is 5.92. The molecule has 2 N–H and O–H groups in total. The molecule has 0 saturated heterocycles. The molecule has 2 fully saturated rings. The van der Waals surface area contributed by atoms with Crippen LogP contribution in [0.15, 0.2) is 0 Å². The van der Waals surface area contributed by atoms with Crippen LogP contribution >= 0.6 is 12.4 Å². The first-order valence-electron chi connectivity index (χ1n) is 7.17. The highest BCUT2D eigenvalue weighted by Gasteiger charge is 2.35. The molecule has 4 heteroatoms. The molecule has 1 amide bonds. The van der Waals surface area contributed by atoms with Gasteiger partial charge in [0.05, 0.1) is 0 Å². The van der Waals surface area contributed by atoms with Gasteiger partial charge in [0.1, 0.15) is 0 Å². The molecule has 2 rings (SSSR count). The van der Waals surface area contributed by atoms with Crippen molar-refractivity contribution >= 4 is 18.3 Å². The summed E-state index contributed by atoms with van der Waals surface area (Å²) in [6.45, 7) is 4.29. The second-order valence-electron chi connectivity index (χ2n) is 6.05. The van der Waals surface area contributed by atoms with Crippen molar-refractivity contribution in [2.75, 3.05) is 0 Å². The molecule has 0 spiro atoms.